The normalized spacial score (nSPS) is 15.3. The Morgan fingerprint density at radius 2 is 1.85 bits per heavy atom. The lowest BCUT2D eigenvalue weighted by Crippen LogP contribution is -2.38. The fourth-order valence-electron chi connectivity index (χ4n) is 3.43. The van der Waals surface area contributed by atoms with Crippen LogP contribution in [0.4, 0.5) is 5.69 Å². The molecule has 4 rings (SSSR count). The Bertz CT molecular complexity index is 945. The molecule has 0 bridgehead atoms. The summed E-state index contributed by atoms with van der Waals surface area (Å²) >= 11 is 0. The maximum atomic E-state index is 10.3. The van der Waals surface area contributed by atoms with Crippen molar-refractivity contribution in [2.24, 2.45) is 0 Å². The van der Waals surface area contributed by atoms with E-state index in [0.29, 0.717) is 11.1 Å². The summed E-state index contributed by atoms with van der Waals surface area (Å²) in [5, 5.41) is 24.4. The molecule has 0 atom stereocenters. The molecule has 1 saturated heterocycles. The Morgan fingerprint density at radius 1 is 1.04 bits per heavy atom. The number of ether oxygens (including phenoxy) is 1. The number of nitrogens with zero attached hydrogens (tertiary/aromatic N) is 1. The average Bonchev–Trinajstić information content (AvgIpc) is 3.09. The first-order valence-electron chi connectivity index (χ1n) is 9.20. The number of anilines is 1. The highest BCUT2D eigenvalue weighted by atomic mass is 16.5. The van der Waals surface area contributed by atoms with Gasteiger partial charge in [-0.3, -0.25) is 4.90 Å². The predicted molar refractivity (Wildman–Crippen MR) is 105 cm³/mol. The van der Waals surface area contributed by atoms with Crippen molar-refractivity contribution >= 4 is 16.7 Å². The highest BCUT2D eigenvalue weighted by Gasteiger charge is 2.15. The van der Waals surface area contributed by atoms with Crippen LogP contribution in [-0.4, -0.2) is 54.5 Å². The van der Waals surface area contributed by atoms with Crippen LogP contribution >= 0.6 is 0 Å². The van der Waals surface area contributed by atoms with Crippen LogP contribution in [0.1, 0.15) is 5.56 Å². The van der Waals surface area contributed by atoms with E-state index in [-0.39, 0.29) is 11.5 Å². The maximum Gasteiger partial charge on any atom is 0.134 e. The number of hydrogen-bond donors (Lipinski definition) is 3. The lowest BCUT2D eigenvalue weighted by molar-refractivity contribution is 0.0398. The molecule has 0 saturated carbocycles. The number of phenolic OH excluding ortho intramolecular Hbond substituents is 2. The van der Waals surface area contributed by atoms with E-state index in [2.05, 4.69) is 10.2 Å². The third-order valence-electron chi connectivity index (χ3n) is 5.04. The van der Waals surface area contributed by atoms with Gasteiger partial charge < -0.3 is 24.7 Å². The maximum absolute atomic E-state index is 10.3. The molecule has 0 radical (unpaired) electrons. The van der Waals surface area contributed by atoms with E-state index in [4.69, 9.17) is 9.15 Å². The number of rotatable bonds is 5. The number of morpholine rings is 1. The lowest BCUT2D eigenvalue weighted by Gasteiger charge is -2.26. The van der Waals surface area contributed by atoms with Gasteiger partial charge in [-0.05, 0) is 36.8 Å². The van der Waals surface area contributed by atoms with Gasteiger partial charge in [0.25, 0.3) is 0 Å². The second-order valence-electron chi connectivity index (χ2n) is 6.90. The Balaban J connectivity index is 1.55. The van der Waals surface area contributed by atoms with E-state index in [1.54, 1.807) is 19.3 Å². The minimum absolute atomic E-state index is 0.0338. The van der Waals surface area contributed by atoms with E-state index in [0.717, 1.165) is 61.6 Å². The van der Waals surface area contributed by atoms with E-state index < -0.39 is 0 Å². The van der Waals surface area contributed by atoms with Crippen LogP contribution < -0.4 is 5.32 Å². The van der Waals surface area contributed by atoms with Gasteiger partial charge in [0.15, 0.2) is 0 Å². The monoisotopic (exact) mass is 368 g/mol. The number of benzene rings is 2. The molecule has 27 heavy (non-hydrogen) atoms. The van der Waals surface area contributed by atoms with Gasteiger partial charge in [-0.15, -0.1) is 0 Å². The minimum Gasteiger partial charge on any atom is -0.508 e. The van der Waals surface area contributed by atoms with Crippen LogP contribution in [-0.2, 0) is 4.74 Å². The summed E-state index contributed by atoms with van der Waals surface area (Å²) < 4.78 is 11.0. The molecule has 1 aliphatic heterocycles. The zero-order chi connectivity index (χ0) is 18.8. The molecule has 2 heterocycles. The smallest absolute Gasteiger partial charge is 0.134 e. The SMILES string of the molecule is Cc1cc(-c2coc3ccc(NCCN4CCOCC4)cc23)c(O)cc1O. The molecule has 2 aromatic carbocycles. The molecule has 0 unspecified atom stereocenters. The molecular formula is C21H24N2O4. The fraction of sp³-hybridized carbons (Fsp3) is 0.333. The number of aryl methyl sites for hydroxylation is 1. The molecule has 0 spiro atoms. The molecule has 0 aliphatic carbocycles. The molecule has 0 amide bonds. The summed E-state index contributed by atoms with van der Waals surface area (Å²) in [6.07, 6.45) is 1.65. The Hall–Kier alpha value is -2.70. The van der Waals surface area contributed by atoms with Crippen LogP contribution in [0.25, 0.3) is 22.1 Å². The van der Waals surface area contributed by atoms with E-state index in [9.17, 15) is 10.2 Å². The third kappa shape index (κ3) is 3.72. The lowest BCUT2D eigenvalue weighted by atomic mass is 10.0. The van der Waals surface area contributed by atoms with Gasteiger partial charge in [0.05, 0.1) is 19.5 Å². The summed E-state index contributed by atoms with van der Waals surface area (Å²) in [7, 11) is 0. The Morgan fingerprint density at radius 3 is 2.67 bits per heavy atom. The standard InChI is InChI=1S/C21H24N2O4/c1-14-10-16(20(25)12-19(14)24)18-13-27-21-3-2-15(11-17(18)21)22-4-5-23-6-8-26-9-7-23/h2-3,10-13,22,24-25H,4-9H2,1H3. The van der Waals surface area contributed by atoms with E-state index >= 15 is 0 Å². The highest BCUT2D eigenvalue weighted by Crippen LogP contribution is 2.39. The van der Waals surface area contributed by atoms with Gasteiger partial charge in [0.2, 0.25) is 0 Å². The molecule has 1 fully saturated rings. The first-order valence-corrected chi connectivity index (χ1v) is 9.20. The topological polar surface area (TPSA) is 78.1 Å². The molecule has 6 nitrogen and oxygen atoms in total. The van der Waals surface area contributed by atoms with Gasteiger partial charge in [-0.25, -0.2) is 0 Å². The molecule has 142 valence electrons. The molecule has 6 heteroatoms. The van der Waals surface area contributed by atoms with Crippen molar-refractivity contribution in [1.82, 2.24) is 4.90 Å². The number of furan rings is 1. The molecule has 1 aliphatic rings. The number of hydrogen-bond acceptors (Lipinski definition) is 6. The van der Waals surface area contributed by atoms with E-state index in [1.165, 1.54) is 6.07 Å². The molecule has 1 aromatic heterocycles. The average molecular weight is 368 g/mol. The van der Waals surface area contributed by atoms with Crippen LogP contribution in [0, 0.1) is 6.92 Å². The van der Waals surface area contributed by atoms with Crippen LogP contribution in [0.2, 0.25) is 0 Å². The summed E-state index contributed by atoms with van der Waals surface area (Å²) in [6, 6.07) is 9.10. The van der Waals surface area contributed by atoms with Crippen molar-refractivity contribution in [1.29, 1.82) is 0 Å². The van der Waals surface area contributed by atoms with Gasteiger partial charge in [-0.1, -0.05) is 0 Å². The summed E-state index contributed by atoms with van der Waals surface area (Å²) in [5.41, 5.74) is 3.93. The van der Waals surface area contributed by atoms with Crippen molar-refractivity contribution in [3.63, 3.8) is 0 Å². The highest BCUT2D eigenvalue weighted by molar-refractivity contribution is 5.97. The quantitative estimate of drug-likeness (QED) is 0.639. The van der Waals surface area contributed by atoms with Crippen LogP contribution in [0.3, 0.4) is 0 Å². The number of fused-ring (bicyclic) bond motifs is 1. The summed E-state index contributed by atoms with van der Waals surface area (Å²) in [5.74, 6) is 0.112. The predicted octanol–water partition coefficient (Wildman–Crippen LogP) is 3.56. The first kappa shape index (κ1) is 17.7. The van der Waals surface area contributed by atoms with Crippen molar-refractivity contribution < 1.29 is 19.4 Å². The number of phenols is 2. The van der Waals surface area contributed by atoms with Crippen molar-refractivity contribution in [3.05, 3.63) is 42.2 Å². The zero-order valence-electron chi connectivity index (χ0n) is 15.4. The minimum atomic E-state index is 0.0338. The van der Waals surface area contributed by atoms with Crippen LogP contribution in [0.5, 0.6) is 11.5 Å². The zero-order valence-corrected chi connectivity index (χ0v) is 15.4. The largest absolute Gasteiger partial charge is 0.508 e. The van der Waals surface area contributed by atoms with Crippen molar-refractivity contribution in [2.45, 2.75) is 6.92 Å². The summed E-state index contributed by atoms with van der Waals surface area (Å²) in [4.78, 5) is 2.38. The van der Waals surface area contributed by atoms with Crippen molar-refractivity contribution in [3.8, 4) is 22.6 Å². The second-order valence-corrected chi connectivity index (χ2v) is 6.90. The van der Waals surface area contributed by atoms with Crippen LogP contribution in [0.15, 0.2) is 41.0 Å². The van der Waals surface area contributed by atoms with Crippen molar-refractivity contribution in [2.75, 3.05) is 44.7 Å². The fourth-order valence-corrected chi connectivity index (χ4v) is 3.43. The third-order valence-corrected chi connectivity index (χ3v) is 5.04. The second kappa shape index (κ2) is 7.50. The first-order chi connectivity index (χ1) is 13.1. The van der Waals surface area contributed by atoms with Gasteiger partial charge in [0, 0.05) is 54.4 Å². The molecular weight excluding hydrogens is 344 g/mol. The number of aromatic hydroxyl groups is 2. The summed E-state index contributed by atoms with van der Waals surface area (Å²) in [6.45, 7) is 7.19. The van der Waals surface area contributed by atoms with Gasteiger partial charge >= 0.3 is 0 Å². The Labute approximate surface area is 158 Å². The molecule has 3 N–H and O–H groups in total. The van der Waals surface area contributed by atoms with E-state index in [1.807, 2.05) is 18.2 Å². The molecule has 3 aromatic rings. The van der Waals surface area contributed by atoms with Gasteiger partial charge in [0.1, 0.15) is 17.1 Å². The Kier molecular flexibility index (Phi) is 4.92. The van der Waals surface area contributed by atoms with Gasteiger partial charge in [-0.2, -0.15) is 0 Å². The number of nitrogens with one attached hydrogen (secondary N) is 1.